The van der Waals surface area contributed by atoms with E-state index in [1.807, 2.05) is 0 Å². The number of rotatable bonds is 6. The van der Waals surface area contributed by atoms with Crippen LogP contribution in [0.15, 0.2) is 24.3 Å². The third-order valence-corrected chi connectivity index (χ3v) is 4.47. The van der Waals surface area contributed by atoms with Crippen molar-refractivity contribution in [2.75, 3.05) is 6.54 Å². The predicted molar refractivity (Wildman–Crippen MR) is 82.2 cm³/mol. The molecule has 17 heavy (non-hydrogen) atoms. The van der Waals surface area contributed by atoms with Crippen LogP contribution in [-0.4, -0.2) is 12.6 Å². The van der Waals surface area contributed by atoms with Gasteiger partial charge in [-0.2, -0.15) is 0 Å². The van der Waals surface area contributed by atoms with Crippen molar-refractivity contribution in [2.24, 2.45) is 11.8 Å². The van der Waals surface area contributed by atoms with Crippen LogP contribution in [0.25, 0.3) is 0 Å². The number of nitrogens with one attached hydrogen (secondary N) is 1. The summed E-state index contributed by atoms with van der Waals surface area (Å²) in [6.07, 6.45) is 3.97. The summed E-state index contributed by atoms with van der Waals surface area (Å²) in [4.78, 5) is 0. The fraction of sp³-hybridized carbons (Fsp3) is 0.600. The fourth-order valence-corrected chi connectivity index (χ4v) is 2.39. The first-order chi connectivity index (χ1) is 8.15. The second kappa shape index (κ2) is 6.19. The average Bonchev–Trinajstić information content (AvgIpc) is 3.13. The van der Waals surface area contributed by atoms with E-state index in [1.54, 1.807) is 0 Å². The van der Waals surface area contributed by atoms with Crippen LogP contribution in [-0.2, 0) is 6.42 Å². The highest BCUT2D eigenvalue weighted by Crippen LogP contribution is 2.21. The van der Waals surface area contributed by atoms with Crippen LogP contribution < -0.4 is 5.32 Å². The number of benzene rings is 1. The van der Waals surface area contributed by atoms with E-state index < -0.39 is 0 Å². The molecule has 2 atom stereocenters. The van der Waals surface area contributed by atoms with Crippen LogP contribution in [0, 0.1) is 15.4 Å². The summed E-state index contributed by atoms with van der Waals surface area (Å²) in [6, 6.07) is 9.77. The van der Waals surface area contributed by atoms with Crippen molar-refractivity contribution in [3.8, 4) is 0 Å². The summed E-state index contributed by atoms with van der Waals surface area (Å²) < 4.78 is 1.32. The standard InChI is InChI=1S/C15H22IN/c1-11(12(2)10-17-15-7-8-15)9-13-3-5-14(16)6-4-13/h3-6,11-12,15,17H,7-10H2,1-2H3. The molecule has 0 amide bonds. The normalized spacial score (nSPS) is 19.0. The minimum atomic E-state index is 0.751. The molecule has 0 bridgehead atoms. The van der Waals surface area contributed by atoms with E-state index in [1.165, 1.54) is 34.9 Å². The molecule has 0 aliphatic heterocycles. The maximum atomic E-state index is 3.63. The molecule has 0 saturated heterocycles. The minimum absolute atomic E-state index is 0.751. The summed E-state index contributed by atoms with van der Waals surface area (Å²) in [6.45, 7) is 5.92. The van der Waals surface area contributed by atoms with Gasteiger partial charge in [0.05, 0.1) is 0 Å². The molecule has 94 valence electrons. The molecule has 1 N–H and O–H groups in total. The Morgan fingerprint density at radius 1 is 1.18 bits per heavy atom. The van der Waals surface area contributed by atoms with Crippen molar-refractivity contribution in [1.82, 2.24) is 5.32 Å². The van der Waals surface area contributed by atoms with Crippen LogP contribution in [0.1, 0.15) is 32.3 Å². The molecule has 1 aromatic carbocycles. The zero-order chi connectivity index (χ0) is 12.3. The predicted octanol–water partition coefficient (Wildman–Crippen LogP) is 3.86. The first-order valence-electron chi connectivity index (χ1n) is 6.63. The lowest BCUT2D eigenvalue weighted by Crippen LogP contribution is -2.27. The lowest BCUT2D eigenvalue weighted by atomic mass is 9.89. The van der Waals surface area contributed by atoms with Gasteiger partial charge in [0.15, 0.2) is 0 Å². The summed E-state index contributed by atoms with van der Waals surface area (Å²) in [5.41, 5.74) is 1.47. The molecule has 2 rings (SSSR count). The molecule has 1 aliphatic rings. The Hall–Kier alpha value is -0.0900. The van der Waals surface area contributed by atoms with Crippen molar-refractivity contribution >= 4 is 22.6 Å². The number of hydrogen-bond acceptors (Lipinski definition) is 1. The van der Waals surface area contributed by atoms with Gasteiger partial charge in [-0.15, -0.1) is 0 Å². The highest BCUT2D eigenvalue weighted by atomic mass is 127. The van der Waals surface area contributed by atoms with Crippen LogP contribution in [0.3, 0.4) is 0 Å². The molecular weight excluding hydrogens is 321 g/mol. The van der Waals surface area contributed by atoms with Crippen molar-refractivity contribution in [3.63, 3.8) is 0 Å². The first-order valence-corrected chi connectivity index (χ1v) is 7.71. The zero-order valence-corrected chi connectivity index (χ0v) is 12.9. The van der Waals surface area contributed by atoms with Gasteiger partial charge in [-0.1, -0.05) is 26.0 Å². The lowest BCUT2D eigenvalue weighted by Gasteiger charge is -2.20. The van der Waals surface area contributed by atoms with E-state index in [-0.39, 0.29) is 0 Å². The third-order valence-electron chi connectivity index (χ3n) is 3.75. The van der Waals surface area contributed by atoms with Gasteiger partial charge in [0, 0.05) is 9.61 Å². The fourth-order valence-electron chi connectivity index (χ4n) is 2.03. The first kappa shape index (κ1) is 13.3. The second-order valence-electron chi connectivity index (χ2n) is 5.47. The van der Waals surface area contributed by atoms with Crippen molar-refractivity contribution < 1.29 is 0 Å². The van der Waals surface area contributed by atoms with Gasteiger partial charge in [-0.05, 0) is 77.9 Å². The molecule has 1 aliphatic carbocycles. The van der Waals surface area contributed by atoms with Gasteiger partial charge in [0.2, 0.25) is 0 Å². The minimum Gasteiger partial charge on any atom is -0.314 e. The summed E-state index contributed by atoms with van der Waals surface area (Å²) in [7, 11) is 0. The van der Waals surface area contributed by atoms with Crippen LogP contribution in [0.4, 0.5) is 0 Å². The smallest absolute Gasteiger partial charge is 0.0130 e. The van der Waals surface area contributed by atoms with E-state index in [2.05, 4.69) is 66.0 Å². The maximum absolute atomic E-state index is 3.63. The van der Waals surface area contributed by atoms with Crippen molar-refractivity contribution in [3.05, 3.63) is 33.4 Å². The van der Waals surface area contributed by atoms with Crippen molar-refractivity contribution in [2.45, 2.75) is 39.2 Å². The summed E-state index contributed by atoms with van der Waals surface area (Å²) in [5, 5.41) is 3.63. The SMILES string of the molecule is CC(CNC1CC1)C(C)Cc1ccc(I)cc1. The lowest BCUT2D eigenvalue weighted by molar-refractivity contribution is 0.364. The molecule has 1 aromatic rings. The molecule has 1 fully saturated rings. The van der Waals surface area contributed by atoms with Crippen LogP contribution in [0.5, 0.6) is 0 Å². The van der Waals surface area contributed by atoms with E-state index in [0.29, 0.717) is 0 Å². The number of hydrogen-bond donors (Lipinski definition) is 1. The van der Waals surface area contributed by atoms with Gasteiger partial charge < -0.3 is 5.32 Å². The Balaban J connectivity index is 1.78. The van der Waals surface area contributed by atoms with E-state index in [9.17, 15) is 0 Å². The molecular formula is C15H22IN. The van der Waals surface area contributed by atoms with E-state index in [0.717, 1.165) is 17.9 Å². The Morgan fingerprint density at radius 3 is 2.41 bits per heavy atom. The summed E-state index contributed by atoms with van der Waals surface area (Å²) in [5.74, 6) is 1.51. The quantitative estimate of drug-likeness (QED) is 0.774. The average molecular weight is 343 g/mol. The molecule has 0 heterocycles. The van der Waals surface area contributed by atoms with Gasteiger partial charge in [0.1, 0.15) is 0 Å². The Labute approximate surface area is 119 Å². The molecule has 0 spiro atoms. The Morgan fingerprint density at radius 2 is 1.82 bits per heavy atom. The molecule has 1 saturated carbocycles. The number of halogens is 1. The zero-order valence-electron chi connectivity index (χ0n) is 10.7. The third kappa shape index (κ3) is 4.59. The van der Waals surface area contributed by atoms with Crippen molar-refractivity contribution in [1.29, 1.82) is 0 Å². The molecule has 0 radical (unpaired) electrons. The molecule has 0 aromatic heterocycles. The maximum Gasteiger partial charge on any atom is 0.0130 e. The monoisotopic (exact) mass is 343 g/mol. The largest absolute Gasteiger partial charge is 0.314 e. The Kier molecular flexibility index (Phi) is 4.86. The van der Waals surface area contributed by atoms with Gasteiger partial charge in [-0.3, -0.25) is 0 Å². The highest BCUT2D eigenvalue weighted by Gasteiger charge is 2.22. The molecule has 1 nitrogen and oxygen atoms in total. The highest BCUT2D eigenvalue weighted by molar-refractivity contribution is 14.1. The van der Waals surface area contributed by atoms with Crippen LogP contribution >= 0.6 is 22.6 Å². The topological polar surface area (TPSA) is 12.0 Å². The molecule has 2 unspecified atom stereocenters. The van der Waals surface area contributed by atoms with Gasteiger partial charge in [-0.25, -0.2) is 0 Å². The van der Waals surface area contributed by atoms with E-state index in [4.69, 9.17) is 0 Å². The van der Waals surface area contributed by atoms with Gasteiger partial charge >= 0.3 is 0 Å². The summed E-state index contributed by atoms with van der Waals surface area (Å²) >= 11 is 2.36. The Bertz CT molecular complexity index is 342. The second-order valence-corrected chi connectivity index (χ2v) is 6.71. The van der Waals surface area contributed by atoms with Gasteiger partial charge in [0.25, 0.3) is 0 Å². The van der Waals surface area contributed by atoms with E-state index >= 15 is 0 Å². The van der Waals surface area contributed by atoms with Crippen LogP contribution in [0.2, 0.25) is 0 Å². The molecule has 2 heteroatoms.